The van der Waals surface area contributed by atoms with E-state index in [0.29, 0.717) is 25.9 Å². The number of nitrogens with zero attached hydrogens (tertiary/aromatic N) is 1. The summed E-state index contributed by atoms with van der Waals surface area (Å²) in [7, 11) is 0. The summed E-state index contributed by atoms with van der Waals surface area (Å²) in [5, 5.41) is 2.92. The Kier molecular flexibility index (Phi) is 3.28. The number of hydrazine groups is 1. The molecule has 2 atom stereocenters. The molecule has 94 valence electrons. The predicted molar refractivity (Wildman–Crippen MR) is 58.2 cm³/mol. The fourth-order valence-electron chi connectivity index (χ4n) is 2.50. The van der Waals surface area contributed by atoms with E-state index in [1.165, 1.54) is 4.90 Å². The first-order valence-electron chi connectivity index (χ1n) is 5.71. The van der Waals surface area contributed by atoms with Crippen molar-refractivity contribution in [3.8, 4) is 0 Å². The zero-order valence-electron chi connectivity index (χ0n) is 9.44. The van der Waals surface area contributed by atoms with Gasteiger partial charge in [-0.3, -0.25) is 19.8 Å². The van der Waals surface area contributed by atoms with Crippen LogP contribution in [0.2, 0.25) is 0 Å². The monoisotopic (exact) mass is 240 g/mol. The summed E-state index contributed by atoms with van der Waals surface area (Å²) in [6, 6.07) is 0.140. The number of hydrogen-bond acceptors (Lipinski definition) is 4. The third-order valence-corrected chi connectivity index (χ3v) is 3.44. The maximum Gasteiger partial charge on any atom is 0.323 e. The lowest BCUT2D eigenvalue weighted by atomic mass is 9.85. The van der Waals surface area contributed by atoms with Crippen molar-refractivity contribution < 1.29 is 14.4 Å². The standard InChI is InChI=1S/C10H16N4O3/c11-13-9(16)10(17)14-4-3-7-6(5-14)1-2-8(15)12-7/h6-7H,1-5,11H2,(H,12,15)(H,13,16). The summed E-state index contributed by atoms with van der Waals surface area (Å²) in [6.45, 7) is 0.991. The molecule has 2 fully saturated rings. The van der Waals surface area contributed by atoms with Gasteiger partial charge >= 0.3 is 11.8 Å². The first-order valence-corrected chi connectivity index (χ1v) is 5.71. The number of nitrogens with one attached hydrogen (secondary N) is 2. The van der Waals surface area contributed by atoms with Crippen LogP contribution in [0.4, 0.5) is 0 Å². The molecule has 0 aromatic carbocycles. The van der Waals surface area contributed by atoms with Crippen molar-refractivity contribution in [2.45, 2.75) is 25.3 Å². The zero-order valence-corrected chi connectivity index (χ0v) is 9.44. The highest BCUT2D eigenvalue weighted by Gasteiger charge is 2.36. The van der Waals surface area contributed by atoms with Gasteiger partial charge in [0.2, 0.25) is 5.91 Å². The van der Waals surface area contributed by atoms with Crippen LogP contribution in [0.15, 0.2) is 0 Å². The van der Waals surface area contributed by atoms with E-state index in [1.54, 1.807) is 0 Å². The van der Waals surface area contributed by atoms with E-state index < -0.39 is 11.8 Å². The van der Waals surface area contributed by atoms with Crippen LogP contribution < -0.4 is 16.6 Å². The Morgan fingerprint density at radius 2 is 2.18 bits per heavy atom. The van der Waals surface area contributed by atoms with Crippen LogP contribution in [-0.4, -0.2) is 41.8 Å². The van der Waals surface area contributed by atoms with Gasteiger partial charge in [-0.2, -0.15) is 0 Å². The van der Waals surface area contributed by atoms with E-state index in [9.17, 15) is 14.4 Å². The highest BCUT2D eigenvalue weighted by Crippen LogP contribution is 2.25. The number of amides is 3. The fraction of sp³-hybridized carbons (Fsp3) is 0.700. The van der Waals surface area contributed by atoms with Gasteiger partial charge in [0.1, 0.15) is 0 Å². The summed E-state index contributed by atoms with van der Waals surface area (Å²) in [5.74, 6) is 3.86. The summed E-state index contributed by atoms with van der Waals surface area (Å²) in [5.41, 5.74) is 1.84. The molecule has 0 aromatic heterocycles. The minimum absolute atomic E-state index is 0.0747. The number of rotatable bonds is 0. The molecule has 4 N–H and O–H groups in total. The summed E-state index contributed by atoms with van der Waals surface area (Å²) < 4.78 is 0. The summed E-state index contributed by atoms with van der Waals surface area (Å²) in [6.07, 6.45) is 1.96. The zero-order chi connectivity index (χ0) is 12.4. The van der Waals surface area contributed by atoms with Crippen molar-refractivity contribution in [1.29, 1.82) is 0 Å². The van der Waals surface area contributed by atoms with Crippen LogP contribution in [0.1, 0.15) is 19.3 Å². The summed E-state index contributed by atoms with van der Waals surface area (Å²) in [4.78, 5) is 35.5. The van der Waals surface area contributed by atoms with E-state index in [2.05, 4.69) is 5.32 Å². The minimum Gasteiger partial charge on any atom is -0.353 e. The molecule has 2 saturated heterocycles. The molecular weight excluding hydrogens is 224 g/mol. The maximum atomic E-state index is 11.6. The normalized spacial score (nSPS) is 28.1. The molecule has 3 amide bonds. The van der Waals surface area contributed by atoms with Crippen LogP contribution in [0.25, 0.3) is 0 Å². The molecular formula is C10H16N4O3. The highest BCUT2D eigenvalue weighted by atomic mass is 16.2. The molecule has 0 radical (unpaired) electrons. The minimum atomic E-state index is -0.789. The van der Waals surface area contributed by atoms with Gasteiger partial charge in [0.05, 0.1) is 0 Å². The van der Waals surface area contributed by atoms with E-state index in [1.807, 2.05) is 5.43 Å². The molecule has 2 aliphatic rings. The lowest BCUT2D eigenvalue weighted by Crippen LogP contribution is -2.57. The molecule has 2 rings (SSSR count). The van der Waals surface area contributed by atoms with Gasteiger partial charge in [-0.25, -0.2) is 5.84 Å². The molecule has 7 heteroatoms. The Labute approximate surface area is 98.7 Å². The van der Waals surface area contributed by atoms with Gasteiger partial charge in [-0.15, -0.1) is 0 Å². The lowest BCUT2D eigenvalue weighted by Gasteiger charge is -2.41. The van der Waals surface area contributed by atoms with E-state index in [-0.39, 0.29) is 17.9 Å². The Morgan fingerprint density at radius 1 is 1.41 bits per heavy atom. The molecule has 0 saturated carbocycles. The Balaban J connectivity index is 1.96. The molecule has 17 heavy (non-hydrogen) atoms. The first kappa shape index (κ1) is 11.8. The van der Waals surface area contributed by atoms with Crippen molar-refractivity contribution >= 4 is 17.7 Å². The lowest BCUT2D eigenvalue weighted by molar-refractivity contribution is -0.147. The third-order valence-electron chi connectivity index (χ3n) is 3.44. The molecule has 7 nitrogen and oxygen atoms in total. The van der Waals surface area contributed by atoms with Crippen molar-refractivity contribution in [2.24, 2.45) is 11.8 Å². The van der Waals surface area contributed by atoms with Crippen molar-refractivity contribution in [1.82, 2.24) is 15.6 Å². The number of piperidine rings is 2. The third kappa shape index (κ3) is 2.38. The van der Waals surface area contributed by atoms with Crippen LogP contribution in [-0.2, 0) is 14.4 Å². The van der Waals surface area contributed by atoms with Crippen LogP contribution in [0, 0.1) is 5.92 Å². The largest absolute Gasteiger partial charge is 0.353 e. The van der Waals surface area contributed by atoms with E-state index in [4.69, 9.17) is 5.84 Å². The first-order chi connectivity index (χ1) is 8.11. The van der Waals surface area contributed by atoms with Crippen LogP contribution in [0.3, 0.4) is 0 Å². The summed E-state index contributed by atoms with van der Waals surface area (Å²) >= 11 is 0. The number of hydrogen-bond donors (Lipinski definition) is 3. The van der Waals surface area contributed by atoms with Gasteiger partial charge < -0.3 is 10.2 Å². The Bertz CT molecular complexity index is 357. The predicted octanol–water partition coefficient (Wildman–Crippen LogP) is -1.90. The van der Waals surface area contributed by atoms with Crippen molar-refractivity contribution in [3.63, 3.8) is 0 Å². The number of carbonyl (C=O) groups excluding carboxylic acids is 3. The van der Waals surface area contributed by atoms with Crippen molar-refractivity contribution in [2.75, 3.05) is 13.1 Å². The molecule has 2 heterocycles. The maximum absolute atomic E-state index is 11.6. The van der Waals surface area contributed by atoms with Gasteiger partial charge in [0.15, 0.2) is 0 Å². The Hall–Kier alpha value is -1.63. The molecule has 0 aliphatic carbocycles. The number of nitrogens with two attached hydrogens (primary N) is 1. The van der Waals surface area contributed by atoms with Gasteiger partial charge in [-0.05, 0) is 18.8 Å². The quantitative estimate of drug-likeness (QED) is 0.199. The average molecular weight is 240 g/mol. The van der Waals surface area contributed by atoms with Crippen LogP contribution in [0.5, 0.6) is 0 Å². The van der Waals surface area contributed by atoms with E-state index in [0.717, 1.165) is 6.42 Å². The average Bonchev–Trinajstić information content (AvgIpc) is 2.36. The number of carbonyl (C=O) groups is 3. The van der Waals surface area contributed by atoms with E-state index >= 15 is 0 Å². The smallest absolute Gasteiger partial charge is 0.323 e. The van der Waals surface area contributed by atoms with Crippen LogP contribution >= 0.6 is 0 Å². The molecule has 0 bridgehead atoms. The fourth-order valence-corrected chi connectivity index (χ4v) is 2.50. The SMILES string of the molecule is NNC(=O)C(=O)N1CCC2NC(=O)CCC2C1. The molecule has 0 spiro atoms. The van der Waals surface area contributed by atoms with Gasteiger partial charge in [-0.1, -0.05) is 0 Å². The second-order valence-electron chi connectivity index (χ2n) is 4.49. The van der Waals surface area contributed by atoms with Crippen molar-refractivity contribution in [3.05, 3.63) is 0 Å². The highest BCUT2D eigenvalue weighted by molar-refractivity contribution is 6.34. The number of fused-ring (bicyclic) bond motifs is 1. The van der Waals surface area contributed by atoms with Gasteiger partial charge in [0, 0.05) is 25.6 Å². The Morgan fingerprint density at radius 3 is 2.88 bits per heavy atom. The van der Waals surface area contributed by atoms with Gasteiger partial charge in [0.25, 0.3) is 0 Å². The molecule has 2 unspecified atom stereocenters. The molecule has 2 aliphatic heterocycles. The second kappa shape index (κ2) is 4.70. The molecule has 0 aromatic rings. The second-order valence-corrected chi connectivity index (χ2v) is 4.49. The topological polar surface area (TPSA) is 105 Å². The number of likely N-dealkylation sites (tertiary alicyclic amines) is 1.